The summed E-state index contributed by atoms with van der Waals surface area (Å²) in [5, 5.41) is 0. The van der Waals surface area contributed by atoms with Gasteiger partial charge < -0.3 is 4.74 Å². The SMILES string of the molecule is COCCn1c(=O)c2c(nc3n(-c4ccc(C)c(C)c4)c(-c4ccccc4)cn23)n(C)c1=O. The van der Waals surface area contributed by atoms with E-state index in [1.54, 1.807) is 18.6 Å². The van der Waals surface area contributed by atoms with Crippen LogP contribution in [0.1, 0.15) is 11.1 Å². The summed E-state index contributed by atoms with van der Waals surface area (Å²) in [7, 11) is 3.18. The van der Waals surface area contributed by atoms with Crippen LogP contribution in [0.5, 0.6) is 0 Å². The Hall–Kier alpha value is -3.91. The maximum Gasteiger partial charge on any atom is 0.332 e. The minimum absolute atomic E-state index is 0.175. The van der Waals surface area contributed by atoms with Crippen LogP contribution in [0, 0.1) is 13.8 Å². The highest BCUT2D eigenvalue weighted by Crippen LogP contribution is 2.29. The largest absolute Gasteiger partial charge is 0.383 e. The fourth-order valence-electron chi connectivity index (χ4n) is 4.21. The number of fused-ring (bicyclic) bond motifs is 3. The molecule has 0 bridgehead atoms. The van der Waals surface area contributed by atoms with E-state index >= 15 is 0 Å². The normalized spacial score (nSPS) is 11.6. The molecular formula is C25H25N5O3. The van der Waals surface area contributed by atoms with E-state index in [-0.39, 0.29) is 18.7 Å². The van der Waals surface area contributed by atoms with Crippen molar-refractivity contribution in [3.8, 4) is 16.9 Å². The number of nitrogens with zero attached hydrogens (tertiary/aromatic N) is 5. The quantitative estimate of drug-likeness (QED) is 0.418. The first-order chi connectivity index (χ1) is 15.9. The number of methoxy groups -OCH3 is 1. The molecule has 3 aromatic heterocycles. The van der Waals surface area contributed by atoms with E-state index in [0.717, 1.165) is 22.5 Å². The Morgan fingerprint density at radius 1 is 1.00 bits per heavy atom. The van der Waals surface area contributed by atoms with E-state index in [1.807, 2.05) is 47.2 Å². The molecule has 5 rings (SSSR count). The number of imidazole rings is 2. The third-order valence-electron chi connectivity index (χ3n) is 6.19. The molecule has 0 aliphatic carbocycles. The van der Waals surface area contributed by atoms with E-state index in [4.69, 9.17) is 9.72 Å². The van der Waals surface area contributed by atoms with Crippen molar-refractivity contribution in [3.05, 3.63) is 86.7 Å². The lowest BCUT2D eigenvalue weighted by Crippen LogP contribution is -2.40. The van der Waals surface area contributed by atoms with E-state index in [0.29, 0.717) is 16.9 Å². The molecule has 0 aliphatic heterocycles. The van der Waals surface area contributed by atoms with Crippen LogP contribution in [-0.2, 0) is 18.3 Å². The molecule has 33 heavy (non-hydrogen) atoms. The number of benzene rings is 2. The summed E-state index contributed by atoms with van der Waals surface area (Å²) in [5.74, 6) is 0.573. The van der Waals surface area contributed by atoms with Crippen LogP contribution in [0.4, 0.5) is 0 Å². The van der Waals surface area contributed by atoms with Crippen molar-refractivity contribution < 1.29 is 4.74 Å². The summed E-state index contributed by atoms with van der Waals surface area (Å²) in [6.45, 7) is 4.59. The van der Waals surface area contributed by atoms with E-state index in [9.17, 15) is 9.59 Å². The van der Waals surface area contributed by atoms with Crippen LogP contribution in [0.25, 0.3) is 33.9 Å². The van der Waals surface area contributed by atoms with Crippen LogP contribution in [-0.4, -0.2) is 36.8 Å². The lowest BCUT2D eigenvalue weighted by atomic mass is 10.1. The third kappa shape index (κ3) is 3.22. The van der Waals surface area contributed by atoms with Gasteiger partial charge in [0.15, 0.2) is 11.2 Å². The number of hydrogen-bond donors (Lipinski definition) is 0. The first-order valence-electron chi connectivity index (χ1n) is 10.8. The average molecular weight is 444 g/mol. The van der Waals surface area contributed by atoms with Crippen LogP contribution < -0.4 is 11.2 Å². The molecule has 0 radical (unpaired) electrons. The zero-order valence-electron chi connectivity index (χ0n) is 19.1. The van der Waals surface area contributed by atoms with Gasteiger partial charge in [-0.05, 0) is 37.1 Å². The lowest BCUT2D eigenvalue weighted by Gasteiger charge is -2.11. The molecule has 0 saturated heterocycles. The molecule has 0 unspecified atom stereocenters. The molecule has 0 N–H and O–H groups in total. The maximum absolute atomic E-state index is 13.4. The molecule has 0 saturated carbocycles. The van der Waals surface area contributed by atoms with Crippen molar-refractivity contribution in [3.63, 3.8) is 0 Å². The zero-order chi connectivity index (χ0) is 23.3. The van der Waals surface area contributed by atoms with Crippen molar-refractivity contribution in [2.75, 3.05) is 13.7 Å². The molecule has 168 valence electrons. The number of rotatable bonds is 5. The Kier molecular flexibility index (Phi) is 5.02. The van der Waals surface area contributed by atoms with E-state index in [1.165, 1.54) is 14.7 Å². The maximum atomic E-state index is 13.4. The van der Waals surface area contributed by atoms with Gasteiger partial charge in [-0.15, -0.1) is 0 Å². The van der Waals surface area contributed by atoms with Gasteiger partial charge in [0.25, 0.3) is 5.56 Å². The Morgan fingerprint density at radius 3 is 2.45 bits per heavy atom. The highest BCUT2D eigenvalue weighted by Gasteiger charge is 2.22. The predicted molar refractivity (Wildman–Crippen MR) is 128 cm³/mol. The van der Waals surface area contributed by atoms with Gasteiger partial charge in [0.1, 0.15) is 0 Å². The number of ether oxygens (including phenoxy) is 1. The highest BCUT2D eigenvalue weighted by atomic mass is 16.5. The molecule has 8 nitrogen and oxygen atoms in total. The number of aryl methyl sites for hydroxylation is 3. The third-order valence-corrected chi connectivity index (χ3v) is 6.19. The van der Waals surface area contributed by atoms with Gasteiger partial charge in [0, 0.05) is 31.6 Å². The van der Waals surface area contributed by atoms with E-state index in [2.05, 4.69) is 26.0 Å². The van der Waals surface area contributed by atoms with Gasteiger partial charge in [-0.25, -0.2) is 4.79 Å². The van der Waals surface area contributed by atoms with Crippen LogP contribution in [0.15, 0.2) is 64.3 Å². The first-order valence-corrected chi connectivity index (χ1v) is 10.8. The Bertz CT molecular complexity index is 1620. The molecule has 3 heterocycles. The van der Waals surface area contributed by atoms with Crippen LogP contribution >= 0.6 is 0 Å². The molecule has 0 spiro atoms. The fraction of sp³-hybridized carbons (Fsp3) is 0.240. The minimum atomic E-state index is -0.411. The second-order valence-corrected chi connectivity index (χ2v) is 8.23. The molecule has 5 aromatic rings. The molecule has 0 fully saturated rings. The Morgan fingerprint density at radius 2 is 1.76 bits per heavy atom. The van der Waals surface area contributed by atoms with Crippen molar-refractivity contribution in [2.45, 2.75) is 20.4 Å². The minimum Gasteiger partial charge on any atom is -0.383 e. The van der Waals surface area contributed by atoms with Crippen molar-refractivity contribution in [1.29, 1.82) is 0 Å². The fourth-order valence-corrected chi connectivity index (χ4v) is 4.21. The molecule has 0 atom stereocenters. The standard InChI is InChI=1S/C25H25N5O3/c1-16-10-11-19(14-17(16)2)30-20(18-8-6-5-7-9-18)15-29-21-22(26-24(29)30)27(3)25(32)28(23(21)31)12-13-33-4/h5-11,14-15H,12-13H2,1-4H3. The molecular weight excluding hydrogens is 418 g/mol. The highest BCUT2D eigenvalue weighted by molar-refractivity contribution is 5.79. The number of aromatic nitrogens is 5. The summed E-state index contributed by atoms with van der Waals surface area (Å²) in [5.41, 5.74) is 5.12. The first kappa shape index (κ1) is 21.0. The summed E-state index contributed by atoms with van der Waals surface area (Å²) in [6, 6.07) is 16.2. The van der Waals surface area contributed by atoms with Gasteiger partial charge in [-0.3, -0.25) is 22.9 Å². The van der Waals surface area contributed by atoms with Gasteiger partial charge in [0.05, 0.1) is 18.8 Å². The second-order valence-electron chi connectivity index (χ2n) is 8.23. The van der Waals surface area contributed by atoms with Crippen LogP contribution in [0.3, 0.4) is 0 Å². The van der Waals surface area contributed by atoms with Crippen molar-refractivity contribution >= 4 is 16.9 Å². The molecule has 8 heteroatoms. The summed E-state index contributed by atoms with van der Waals surface area (Å²) < 4.78 is 11.6. The molecule has 0 aliphatic rings. The average Bonchev–Trinajstić information content (AvgIpc) is 3.36. The summed E-state index contributed by atoms with van der Waals surface area (Å²) >= 11 is 0. The van der Waals surface area contributed by atoms with Crippen molar-refractivity contribution in [1.82, 2.24) is 23.1 Å². The zero-order valence-corrected chi connectivity index (χ0v) is 19.1. The Balaban J connectivity index is 1.91. The monoisotopic (exact) mass is 443 g/mol. The van der Waals surface area contributed by atoms with Gasteiger partial charge in [-0.2, -0.15) is 4.98 Å². The number of hydrogen-bond acceptors (Lipinski definition) is 4. The lowest BCUT2D eigenvalue weighted by molar-refractivity contribution is 0.184. The predicted octanol–water partition coefficient (Wildman–Crippen LogP) is 3.07. The van der Waals surface area contributed by atoms with Crippen molar-refractivity contribution in [2.24, 2.45) is 7.05 Å². The van der Waals surface area contributed by atoms with Gasteiger partial charge in [-0.1, -0.05) is 36.4 Å². The topological polar surface area (TPSA) is 75.5 Å². The molecule has 2 aromatic carbocycles. The van der Waals surface area contributed by atoms with Crippen LogP contribution in [0.2, 0.25) is 0 Å². The molecule has 0 amide bonds. The van der Waals surface area contributed by atoms with E-state index < -0.39 is 5.69 Å². The Labute approximate surface area is 189 Å². The van der Waals surface area contributed by atoms with Gasteiger partial charge in [0.2, 0.25) is 5.78 Å². The smallest absolute Gasteiger partial charge is 0.332 e. The summed E-state index contributed by atoms with van der Waals surface area (Å²) in [4.78, 5) is 31.0. The summed E-state index contributed by atoms with van der Waals surface area (Å²) in [6.07, 6.45) is 1.92. The van der Waals surface area contributed by atoms with Gasteiger partial charge >= 0.3 is 5.69 Å². The second kappa shape index (κ2) is 7.90.